The molecular weight excluding hydrogens is 455 g/mol. The smallest absolute Gasteiger partial charge is 0.214 e. The minimum Gasteiger partial charge on any atom is -0.345 e. The molecule has 25 heavy (non-hydrogen) atoms. The molecule has 2 N–H and O–H groups in total. The lowest BCUT2D eigenvalue weighted by Gasteiger charge is -2.13. The summed E-state index contributed by atoms with van der Waals surface area (Å²) in [6.07, 6.45) is 6.65. The van der Waals surface area contributed by atoms with Crippen molar-refractivity contribution in [2.45, 2.75) is 46.8 Å². The molecule has 5 rings (SSSR count). The topological polar surface area (TPSA) is 105 Å². The number of nitrogens with zero attached hydrogens (tertiary/aromatic N) is 4. The van der Waals surface area contributed by atoms with Gasteiger partial charge in [-0.25, -0.2) is 18.1 Å². The zero-order valence-electron chi connectivity index (χ0n) is 13.3. The van der Waals surface area contributed by atoms with Gasteiger partial charge in [-0.2, -0.15) is 0 Å². The van der Waals surface area contributed by atoms with Crippen molar-refractivity contribution in [1.82, 2.24) is 29.3 Å². The molecule has 0 aromatic carbocycles. The first-order chi connectivity index (χ1) is 12.0. The summed E-state index contributed by atoms with van der Waals surface area (Å²) in [5.41, 5.74) is 2.38. The van der Waals surface area contributed by atoms with Crippen LogP contribution >= 0.6 is 22.6 Å². The summed E-state index contributed by atoms with van der Waals surface area (Å²) < 4.78 is 30.2. The van der Waals surface area contributed by atoms with Gasteiger partial charge >= 0.3 is 0 Å². The van der Waals surface area contributed by atoms with Crippen LogP contribution in [0, 0.1) is 0 Å². The van der Waals surface area contributed by atoms with Gasteiger partial charge in [0.25, 0.3) is 0 Å². The second-order valence-corrected chi connectivity index (χ2v) is 10.5. The minimum absolute atomic E-state index is 0.0527. The highest BCUT2D eigenvalue weighted by Gasteiger charge is 2.44. The Morgan fingerprint density at radius 1 is 1.28 bits per heavy atom. The molecule has 0 radical (unpaired) electrons. The summed E-state index contributed by atoms with van der Waals surface area (Å²) in [5.74, 6) is 0.877. The summed E-state index contributed by atoms with van der Waals surface area (Å²) >= 11 is 2.36. The van der Waals surface area contributed by atoms with Crippen molar-refractivity contribution in [3.05, 3.63) is 24.3 Å². The summed E-state index contributed by atoms with van der Waals surface area (Å²) in [5, 5.41) is 8.26. The molecule has 2 fully saturated rings. The van der Waals surface area contributed by atoms with Crippen LogP contribution in [0.1, 0.15) is 37.4 Å². The number of hydrogen-bond donors (Lipinski definition) is 2. The Balaban J connectivity index is 1.53. The van der Waals surface area contributed by atoms with Crippen molar-refractivity contribution in [3.8, 4) is 0 Å². The molecule has 0 bridgehead atoms. The summed E-state index contributed by atoms with van der Waals surface area (Å²) in [4.78, 5) is 7.43. The molecule has 2 aliphatic rings. The van der Waals surface area contributed by atoms with Gasteiger partial charge in [0.1, 0.15) is 5.82 Å². The molecule has 132 valence electrons. The maximum atomic E-state index is 12.6. The molecule has 8 nitrogen and oxygen atoms in total. The van der Waals surface area contributed by atoms with E-state index in [0.29, 0.717) is 18.5 Å². The zero-order chi connectivity index (χ0) is 17.2. The molecule has 3 atom stereocenters. The molecule has 0 amide bonds. The standard InChI is InChI=1S/C15H17IN6O2S/c16-11-6-9(25(23,24)21-8-1-2-8)5-10(11)15-20-19-13-7-18-14-12(22(13)15)3-4-17-14/h3-4,7-11,17,21H,1-2,5-6H2/t9?,10-,11+/m0/s1. The highest BCUT2D eigenvalue weighted by atomic mass is 127. The van der Waals surface area contributed by atoms with Crippen LogP contribution in [0.25, 0.3) is 16.8 Å². The van der Waals surface area contributed by atoms with Gasteiger partial charge in [0, 0.05) is 22.1 Å². The Hall–Kier alpha value is -1.27. The van der Waals surface area contributed by atoms with Crippen molar-refractivity contribution in [3.63, 3.8) is 0 Å². The Bertz CT molecular complexity index is 1060. The van der Waals surface area contributed by atoms with E-state index in [9.17, 15) is 8.42 Å². The third kappa shape index (κ3) is 2.65. The normalized spacial score (nSPS) is 27.5. The Labute approximate surface area is 158 Å². The van der Waals surface area contributed by atoms with Gasteiger partial charge in [0.15, 0.2) is 11.3 Å². The molecule has 10 heteroatoms. The number of nitrogens with one attached hydrogen (secondary N) is 2. The maximum Gasteiger partial charge on any atom is 0.214 e. The Morgan fingerprint density at radius 3 is 2.92 bits per heavy atom. The minimum atomic E-state index is -3.27. The number of aromatic nitrogens is 5. The first-order valence-electron chi connectivity index (χ1n) is 8.35. The molecule has 3 aromatic heterocycles. The summed E-state index contributed by atoms with van der Waals surface area (Å²) in [6, 6.07) is 2.10. The van der Waals surface area contributed by atoms with Gasteiger partial charge in [-0.3, -0.25) is 4.40 Å². The third-order valence-electron chi connectivity index (χ3n) is 5.09. The fourth-order valence-corrected chi connectivity index (χ4v) is 7.02. The number of H-pyrrole nitrogens is 1. The van der Waals surface area contributed by atoms with Crippen LogP contribution in [0.4, 0.5) is 0 Å². The predicted molar refractivity (Wildman–Crippen MR) is 101 cm³/mol. The highest BCUT2D eigenvalue weighted by Crippen LogP contribution is 2.42. The molecule has 0 spiro atoms. The average molecular weight is 472 g/mol. The number of alkyl halides is 1. The van der Waals surface area contributed by atoms with Gasteiger partial charge in [0.05, 0.1) is 17.0 Å². The molecule has 0 aliphatic heterocycles. The monoisotopic (exact) mass is 472 g/mol. The van der Waals surface area contributed by atoms with Crippen molar-refractivity contribution in [1.29, 1.82) is 0 Å². The van der Waals surface area contributed by atoms with E-state index >= 15 is 0 Å². The number of fused-ring (bicyclic) bond motifs is 3. The van der Waals surface area contributed by atoms with Gasteiger partial charge < -0.3 is 4.98 Å². The van der Waals surface area contributed by atoms with E-state index in [4.69, 9.17) is 0 Å². The Morgan fingerprint density at radius 2 is 2.12 bits per heavy atom. The average Bonchev–Trinajstić information content (AvgIpc) is 3.00. The number of sulfonamides is 1. The van der Waals surface area contributed by atoms with Crippen LogP contribution < -0.4 is 4.72 Å². The van der Waals surface area contributed by atoms with Gasteiger partial charge in [-0.1, -0.05) is 22.6 Å². The van der Waals surface area contributed by atoms with Crippen LogP contribution in [0.15, 0.2) is 18.5 Å². The molecular formula is C15H17IN6O2S. The van der Waals surface area contributed by atoms with Crippen LogP contribution in [-0.2, 0) is 10.0 Å². The van der Waals surface area contributed by atoms with E-state index in [0.717, 1.165) is 29.8 Å². The van der Waals surface area contributed by atoms with Crippen molar-refractivity contribution >= 4 is 49.4 Å². The van der Waals surface area contributed by atoms with Crippen molar-refractivity contribution in [2.24, 2.45) is 0 Å². The molecule has 1 unspecified atom stereocenters. The lowest BCUT2D eigenvalue weighted by atomic mass is 10.1. The molecule has 2 aliphatic carbocycles. The molecule has 3 aromatic rings. The van der Waals surface area contributed by atoms with Crippen LogP contribution in [0.5, 0.6) is 0 Å². The van der Waals surface area contributed by atoms with Crippen molar-refractivity contribution < 1.29 is 8.42 Å². The molecule has 3 heterocycles. The SMILES string of the molecule is O=S(=O)(NC1CC1)C1C[C@@H](I)[C@@H](c2nnc3cnc4[nH]ccc4n23)C1. The second kappa shape index (κ2) is 5.61. The third-order valence-corrected chi connectivity index (χ3v) is 8.39. The van der Waals surface area contributed by atoms with Gasteiger partial charge in [-0.05, 0) is 31.7 Å². The van der Waals surface area contributed by atoms with Gasteiger partial charge in [0.2, 0.25) is 10.0 Å². The van der Waals surface area contributed by atoms with E-state index < -0.39 is 10.0 Å². The number of rotatable bonds is 4. The summed E-state index contributed by atoms with van der Waals surface area (Å²) in [6.45, 7) is 0. The summed E-state index contributed by atoms with van der Waals surface area (Å²) in [7, 11) is -3.27. The first-order valence-corrected chi connectivity index (χ1v) is 11.1. The maximum absolute atomic E-state index is 12.6. The highest BCUT2D eigenvalue weighted by molar-refractivity contribution is 14.1. The Kier molecular flexibility index (Phi) is 3.58. The number of hydrogen-bond acceptors (Lipinski definition) is 5. The second-order valence-electron chi connectivity index (χ2n) is 6.87. The van der Waals surface area contributed by atoms with Crippen LogP contribution in [0.3, 0.4) is 0 Å². The lowest BCUT2D eigenvalue weighted by Crippen LogP contribution is -2.34. The molecule has 2 saturated carbocycles. The predicted octanol–water partition coefficient (Wildman–Crippen LogP) is 1.74. The van der Waals surface area contributed by atoms with Crippen LogP contribution in [0.2, 0.25) is 0 Å². The van der Waals surface area contributed by atoms with Crippen molar-refractivity contribution in [2.75, 3.05) is 0 Å². The molecule has 0 saturated heterocycles. The van der Waals surface area contributed by atoms with E-state index in [1.54, 1.807) is 6.20 Å². The quantitative estimate of drug-likeness (QED) is 0.445. The van der Waals surface area contributed by atoms with E-state index in [1.165, 1.54) is 0 Å². The zero-order valence-corrected chi connectivity index (χ0v) is 16.2. The van der Waals surface area contributed by atoms with E-state index in [-0.39, 0.29) is 21.1 Å². The number of halogens is 1. The van der Waals surface area contributed by atoms with Crippen LogP contribution in [-0.4, -0.2) is 48.2 Å². The largest absolute Gasteiger partial charge is 0.345 e. The van der Waals surface area contributed by atoms with E-state index in [2.05, 4.69) is 47.5 Å². The first kappa shape index (κ1) is 15.9. The van der Waals surface area contributed by atoms with Gasteiger partial charge in [-0.15, -0.1) is 10.2 Å². The fourth-order valence-electron chi connectivity index (χ4n) is 3.63. The number of aromatic amines is 1. The lowest BCUT2D eigenvalue weighted by molar-refractivity contribution is 0.561. The fraction of sp³-hybridized carbons (Fsp3) is 0.533. The van der Waals surface area contributed by atoms with E-state index in [1.807, 2.05) is 16.7 Å².